The van der Waals surface area contributed by atoms with Gasteiger partial charge in [-0.25, -0.2) is 4.98 Å². The summed E-state index contributed by atoms with van der Waals surface area (Å²) in [7, 11) is 0. The fraction of sp³-hybridized carbons (Fsp3) is 0.0351. The second kappa shape index (κ2) is 14.8. The SMILES string of the molecule is C1=CC(c2ccccc2)CC=C1c1nc(-c2ccc(-c3ccccc3)cc2)nc(-n2c3ccccc3c3cc4c5ccccc5n(-c5ccccc5-c5ccccc5)c4cc32)n1. The highest BCUT2D eigenvalue weighted by Crippen LogP contribution is 2.41. The highest BCUT2D eigenvalue weighted by molar-refractivity contribution is 6.19. The molecule has 1 unspecified atom stereocenters. The number of rotatable bonds is 7. The van der Waals surface area contributed by atoms with Gasteiger partial charge in [-0.2, -0.15) is 9.97 Å². The number of allylic oxidation sites excluding steroid dienone is 4. The number of benzene rings is 8. The van der Waals surface area contributed by atoms with E-state index in [4.69, 9.17) is 15.0 Å². The third kappa shape index (κ3) is 6.05. The number of hydrogen-bond acceptors (Lipinski definition) is 3. The maximum Gasteiger partial charge on any atom is 0.238 e. The first-order chi connectivity index (χ1) is 30.7. The Morgan fingerprint density at radius 1 is 0.403 bits per heavy atom. The second-order valence-corrected chi connectivity index (χ2v) is 16.0. The van der Waals surface area contributed by atoms with Crippen molar-refractivity contribution in [1.82, 2.24) is 24.1 Å². The van der Waals surface area contributed by atoms with E-state index in [0.29, 0.717) is 23.5 Å². The largest absolute Gasteiger partial charge is 0.309 e. The molecule has 1 aliphatic carbocycles. The van der Waals surface area contributed by atoms with E-state index in [-0.39, 0.29) is 0 Å². The van der Waals surface area contributed by atoms with E-state index in [1.165, 1.54) is 33.0 Å². The number of hydrogen-bond donors (Lipinski definition) is 0. The molecule has 0 fully saturated rings. The molecule has 0 N–H and O–H groups in total. The molecule has 12 rings (SSSR count). The molecule has 62 heavy (non-hydrogen) atoms. The van der Waals surface area contributed by atoms with E-state index >= 15 is 0 Å². The second-order valence-electron chi connectivity index (χ2n) is 16.0. The van der Waals surface area contributed by atoms with Gasteiger partial charge in [-0.1, -0.05) is 188 Å². The van der Waals surface area contributed by atoms with Crippen LogP contribution in [0, 0.1) is 0 Å². The zero-order valence-corrected chi connectivity index (χ0v) is 33.8. The Labute approximate surface area is 359 Å². The maximum absolute atomic E-state index is 5.36. The molecule has 1 atom stereocenters. The number of nitrogens with zero attached hydrogens (tertiary/aromatic N) is 5. The van der Waals surface area contributed by atoms with Crippen molar-refractivity contribution in [2.75, 3.05) is 0 Å². The molecule has 3 heterocycles. The van der Waals surface area contributed by atoms with Crippen molar-refractivity contribution in [2.45, 2.75) is 12.3 Å². The van der Waals surface area contributed by atoms with Gasteiger partial charge < -0.3 is 4.57 Å². The molecule has 0 radical (unpaired) electrons. The van der Waals surface area contributed by atoms with Crippen LogP contribution in [0.4, 0.5) is 0 Å². The Morgan fingerprint density at radius 3 is 1.65 bits per heavy atom. The van der Waals surface area contributed by atoms with E-state index in [1.807, 2.05) is 6.07 Å². The van der Waals surface area contributed by atoms with Crippen molar-refractivity contribution in [2.24, 2.45) is 0 Å². The molecule has 1 aliphatic rings. The topological polar surface area (TPSA) is 48.5 Å². The molecule has 11 aromatic rings. The maximum atomic E-state index is 5.36. The summed E-state index contributed by atoms with van der Waals surface area (Å²) in [6.07, 6.45) is 7.60. The van der Waals surface area contributed by atoms with E-state index in [1.54, 1.807) is 0 Å². The lowest BCUT2D eigenvalue weighted by Gasteiger charge is -2.17. The van der Waals surface area contributed by atoms with Crippen molar-refractivity contribution < 1.29 is 0 Å². The van der Waals surface area contributed by atoms with Crippen LogP contribution in [0.1, 0.15) is 23.7 Å². The number of para-hydroxylation sites is 3. The predicted octanol–water partition coefficient (Wildman–Crippen LogP) is 14.2. The van der Waals surface area contributed by atoms with Gasteiger partial charge in [0.25, 0.3) is 0 Å². The average Bonchev–Trinajstić information content (AvgIpc) is 3.86. The van der Waals surface area contributed by atoms with Crippen LogP contribution in [0.25, 0.3) is 94.5 Å². The standard InChI is InChI=1S/C57H39N5/c1-4-16-38(17-5-1)40-28-32-43(33-29-40)55-58-56(44-34-30-41(31-35-44)39-18-6-2-7-19-39)60-57(59-55)62-52-27-15-12-24-47(52)49-36-48-46-23-11-14-26-51(46)61(53(48)37-54(49)62)50-25-13-10-22-45(50)42-20-8-3-9-21-42/h1-30,32-37,41H,31H2. The molecule has 0 amide bonds. The number of fused-ring (bicyclic) bond motifs is 6. The Morgan fingerprint density at radius 2 is 0.952 bits per heavy atom. The fourth-order valence-corrected chi connectivity index (χ4v) is 9.34. The third-order valence-electron chi connectivity index (χ3n) is 12.4. The first-order valence-electron chi connectivity index (χ1n) is 21.2. The molecule has 0 saturated carbocycles. The van der Waals surface area contributed by atoms with E-state index in [2.05, 4.69) is 221 Å². The summed E-state index contributed by atoms with van der Waals surface area (Å²) >= 11 is 0. The van der Waals surface area contributed by atoms with Crippen LogP contribution in [0.3, 0.4) is 0 Å². The quantitative estimate of drug-likeness (QED) is 0.161. The van der Waals surface area contributed by atoms with Crippen LogP contribution in [-0.2, 0) is 0 Å². The first-order valence-corrected chi connectivity index (χ1v) is 21.2. The van der Waals surface area contributed by atoms with Crippen molar-refractivity contribution in [3.8, 4) is 45.3 Å². The van der Waals surface area contributed by atoms with Crippen LogP contribution < -0.4 is 0 Å². The van der Waals surface area contributed by atoms with E-state index in [9.17, 15) is 0 Å². The average molecular weight is 794 g/mol. The molecular weight excluding hydrogens is 755 g/mol. The number of aromatic nitrogens is 5. The highest BCUT2D eigenvalue weighted by atomic mass is 15.2. The summed E-state index contributed by atoms with van der Waals surface area (Å²) in [5.41, 5.74) is 13.3. The minimum Gasteiger partial charge on any atom is -0.309 e. The van der Waals surface area contributed by atoms with Gasteiger partial charge in [-0.05, 0) is 59.0 Å². The molecule has 0 aliphatic heterocycles. The lowest BCUT2D eigenvalue weighted by atomic mass is 9.90. The lowest BCUT2D eigenvalue weighted by molar-refractivity contribution is 0.852. The molecule has 0 bridgehead atoms. The summed E-state index contributed by atoms with van der Waals surface area (Å²) in [6.45, 7) is 0. The Hall–Kier alpha value is -8.15. The molecule has 5 nitrogen and oxygen atoms in total. The normalized spacial score (nSPS) is 13.9. The fourth-order valence-electron chi connectivity index (χ4n) is 9.34. The zero-order chi connectivity index (χ0) is 41.0. The van der Waals surface area contributed by atoms with Crippen LogP contribution in [0.2, 0.25) is 0 Å². The lowest BCUT2D eigenvalue weighted by Crippen LogP contribution is -2.09. The van der Waals surface area contributed by atoms with E-state index < -0.39 is 0 Å². The summed E-state index contributed by atoms with van der Waals surface area (Å²) in [5, 5.41) is 4.69. The summed E-state index contributed by atoms with van der Waals surface area (Å²) < 4.78 is 4.66. The van der Waals surface area contributed by atoms with Crippen LogP contribution in [0.5, 0.6) is 0 Å². The van der Waals surface area contributed by atoms with Gasteiger partial charge in [0.05, 0.1) is 27.8 Å². The van der Waals surface area contributed by atoms with Gasteiger partial charge in [-0.15, -0.1) is 0 Å². The van der Waals surface area contributed by atoms with Gasteiger partial charge >= 0.3 is 0 Å². The summed E-state index contributed by atoms with van der Waals surface area (Å²) in [4.78, 5) is 15.9. The first kappa shape index (κ1) is 35.8. The summed E-state index contributed by atoms with van der Waals surface area (Å²) in [6, 6.07) is 71.1. The van der Waals surface area contributed by atoms with Gasteiger partial charge in [-0.3, -0.25) is 4.57 Å². The molecule has 292 valence electrons. The van der Waals surface area contributed by atoms with Crippen molar-refractivity contribution in [1.29, 1.82) is 0 Å². The molecule has 0 saturated heterocycles. The van der Waals surface area contributed by atoms with Crippen molar-refractivity contribution in [3.63, 3.8) is 0 Å². The van der Waals surface area contributed by atoms with E-state index in [0.717, 1.165) is 61.6 Å². The molecular formula is C57H39N5. The Kier molecular flexibility index (Phi) is 8.56. The van der Waals surface area contributed by atoms with Gasteiger partial charge in [0, 0.05) is 44.2 Å². The van der Waals surface area contributed by atoms with Gasteiger partial charge in [0.15, 0.2) is 11.6 Å². The Balaban J connectivity index is 1.09. The van der Waals surface area contributed by atoms with Crippen LogP contribution >= 0.6 is 0 Å². The molecule has 5 heteroatoms. The minimum absolute atomic E-state index is 0.296. The zero-order valence-electron chi connectivity index (χ0n) is 33.8. The minimum atomic E-state index is 0.296. The van der Waals surface area contributed by atoms with Crippen molar-refractivity contribution >= 4 is 49.2 Å². The summed E-state index contributed by atoms with van der Waals surface area (Å²) in [5.74, 6) is 2.15. The third-order valence-corrected chi connectivity index (χ3v) is 12.4. The molecule has 3 aromatic heterocycles. The predicted molar refractivity (Wildman–Crippen MR) is 256 cm³/mol. The van der Waals surface area contributed by atoms with Crippen molar-refractivity contribution in [3.05, 3.63) is 230 Å². The van der Waals surface area contributed by atoms with Crippen LogP contribution in [0.15, 0.2) is 218 Å². The molecule has 0 spiro atoms. The smallest absolute Gasteiger partial charge is 0.238 e. The molecule has 8 aromatic carbocycles. The highest BCUT2D eigenvalue weighted by Gasteiger charge is 2.23. The Bertz CT molecular complexity index is 3520. The van der Waals surface area contributed by atoms with Gasteiger partial charge in [0.1, 0.15) is 0 Å². The monoisotopic (exact) mass is 793 g/mol. The van der Waals surface area contributed by atoms with Gasteiger partial charge in [0.2, 0.25) is 5.95 Å². The van der Waals surface area contributed by atoms with Crippen LogP contribution in [-0.4, -0.2) is 24.1 Å².